The van der Waals surface area contributed by atoms with Gasteiger partial charge in [-0.3, -0.25) is 4.79 Å². The van der Waals surface area contributed by atoms with Gasteiger partial charge in [0.2, 0.25) is 0 Å². The molecule has 0 fully saturated rings. The van der Waals surface area contributed by atoms with Crippen LogP contribution in [-0.2, 0) is 4.79 Å². The highest BCUT2D eigenvalue weighted by molar-refractivity contribution is 5.74. The van der Waals surface area contributed by atoms with Crippen molar-refractivity contribution in [2.24, 2.45) is 0 Å². The van der Waals surface area contributed by atoms with Gasteiger partial charge in [0.25, 0.3) is 5.78 Å². The Labute approximate surface area is 79.2 Å². The van der Waals surface area contributed by atoms with Crippen LogP contribution in [0.5, 0.6) is 0 Å². The molecule has 0 radical (unpaired) electrons. The number of hydrogen-bond acceptors (Lipinski definition) is 4. The molecule has 72 valence electrons. The van der Waals surface area contributed by atoms with Crippen LogP contribution in [0, 0.1) is 0 Å². The number of imidazole rings is 1. The maximum atomic E-state index is 10.7. The standard InChI is InChI=1S/C8H8N4O2/c1-5(7(13)14)6-4-12-8(11-6)9-2-3-10-12/h2-5H,1H3,(H,13,14). The van der Waals surface area contributed by atoms with Crippen LogP contribution >= 0.6 is 0 Å². The third kappa shape index (κ3) is 1.30. The normalized spacial score (nSPS) is 12.9. The van der Waals surface area contributed by atoms with E-state index in [1.54, 1.807) is 13.1 Å². The Hall–Kier alpha value is -1.98. The fraction of sp³-hybridized carbons (Fsp3) is 0.250. The van der Waals surface area contributed by atoms with Crippen molar-refractivity contribution in [1.82, 2.24) is 19.6 Å². The molecule has 1 atom stereocenters. The van der Waals surface area contributed by atoms with Gasteiger partial charge in [0.1, 0.15) is 0 Å². The zero-order valence-corrected chi connectivity index (χ0v) is 7.45. The summed E-state index contributed by atoms with van der Waals surface area (Å²) in [6, 6.07) is 0. The van der Waals surface area contributed by atoms with Crippen molar-refractivity contribution in [2.45, 2.75) is 12.8 Å². The van der Waals surface area contributed by atoms with Gasteiger partial charge in [0.05, 0.1) is 30.2 Å². The SMILES string of the molecule is CC(C(=O)O)c1cn2nccnc2n1. The van der Waals surface area contributed by atoms with Gasteiger partial charge in [-0.1, -0.05) is 0 Å². The molecule has 0 amide bonds. The molecule has 2 rings (SSSR count). The average molecular weight is 192 g/mol. The first-order valence-corrected chi connectivity index (χ1v) is 4.07. The summed E-state index contributed by atoms with van der Waals surface area (Å²) in [6.07, 6.45) is 4.60. The molecule has 6 heteroatoms. The van der Waals surface area contributed by atoms with E-state index in [-0.39, 0.29) is 0 Å². The maximum Gasteiger partial charge on any atom is 0.312 e. The van der Waals surface area contributed by atoms with Gasteiger partial charge in [-0.25, -0.2) is 14.5 Å². The van der Waals surface area contributed by atoms with Gasteiger partial charge in [-0.2, -0.15) is 5.10 Å². The lowest BCUT2D eigenvalue weighted by molar-refractivity contribution is -0.138. The molecule has 0 bridgehead atoms. The molecule has 1 unspecified atom stereocenters. The second-order valence-corrected chi connectivity index (χ2v) is 2.91. The van der Waals surface area contributed by atoms with E-state index >= 15 is 0 Å². The lowest BCUT2D eigenvalue weighted by Crippen LogP contribution is -2.07. The molecule has 6 nitrogen and oxygen atoms in total. The zero-order chi connectivity index (χ0) is 10.1. The molecule has 0 saturated carbocycles. The largest absolute Gasteiger partial charge is 0.481 e. The van der Waals surface area contributed by atoms with Gasteiger partial charge in [0.15, 0.2) is 0 Å². The summed E-state index contributed by atoms with van der Waals surface area (Å²) >= 11 is 0. The summed E-state index contributed by atoms with van der Waals surface area (Å²) in [4.78, 5) is 18.7. The number of hydrogen-bond donors (Lipinski definition) is 1. The highest BCUT2D eigenvalue weighted by Gasteiger charge is 2.17. The molecule has 0 aliphatic heterocycles. The first-order valence-electron chi connectivity index (χ1n) is 4.07. The van der Waals surface area contributed by atoms with E-state index in [4.69, 9.17) is 5.11 Å². The van der Waals surface area contributed by atoms with Crippen LogP contribution in [0.15, 0.2) is 18.6 Å². The Morgan fingerprint density at radius 2 is 2.36 bits per heavy atom. The maximum absolute atomic E-state index is 10.7. The molecule has 0 aliphatic rings. The highest BCUT2D eigenvalue weighted by Crippen LogP contribution is 2.13. The van der Waals surface area contributed by atoms with E-state index in [2.05, 4.69) is 15.1 Å². The molecular weight excluding hydrogens is 184 g/mol. The highest BCUT2D eigenvalue weighted by atomic mass is 16.4. The number of rotatable bonds is 2. The Kier molecular flexibility index (Phi) is 1.88. The second-order valence-electron chi connectivity index (χ2n) is 2.91. The van der Waals surface area contributed by atoms with E-state index in [9.17, 15) is 4.79 Å². The van der Waals surface area contributed by atoms with Crippen molar-refractivity contribution in [3.8, 4) is 0 Å². The number of carboxylic acids is 1. The van der Waals surface area contributed by atoms with Gasteiger partial charge >= 0.3 is 5.97 Å². The van der Waals surface area contributed by atoms with Crippen LogP contribution in [0.1, 0.15) is 18.5 Å². The van der Waals surface area contributed by atoms with Crippen LogP contribution in [0.2, 0.25) is 0 Å². The van der Waals surface area contributed by atoms with Gasteiger partial charge in [-0.05, 0) is 6.92 Å². The fourth-order valence-electron chi connectivity index (χ4n) is 1.09. The summed E-state index contributed by atoms with van der Waals surface area (Å²) in [6.45, 7) is 1.57. The predicted octanol–water partition coefficient (Wildman–Crippen LogP) is 0.312. The van der Waals surface area contributed by atoms with Crippen molar-refractivity contribution in [3.63, 3.8) is 0 Å². The van der Waals surface area contributed by atoms with Crippen molar-refractivity contribution >= 4 is 11.7 Å². The van der Waals surface area contributed by atoms with Gasteiger partial charge in [-0.15, -0.1) is 0 Å². The molecule has 14 heavy (non-hydrogen) atoms. The molecular formula is C8H8N4O2. The molecule has 1 N–H and O–H groups in total. The molecule has 2 heterocycles. The van der Waals surface area contributed by atoms with Crippen LogP contribution < -0.4 is 0 Å². The Bertz CT molecular complexity index is 446. The zero-order valence-electron chi connectivity index (χ0n) is 7.45. The van der Waals surface area contributed by atoms with Crippen molar-refractivity contribution in [1.29, 1.82) is 0 Å². The van der Waals surface area contributed by atoms with Crippen molar-refractivity contribution in [2.75, 3.05) is 0 Å². The lowest BCUT2D eigenvalue weighted by atomic mass is 10.1. The molecule has 0 saturated heterocycles. The first-order chi connectivity index (χ1) is 6.68. The molecule has 2 aromatic heterocycles. The summed E-state index contributed by atoms with van der Waals surface area (Å²) in [5.74, 6) is -1.14. The minimum Gasteiger partial charge on any atom is -0.481 e. The first kappa shape index (κ1) is 8.61. The van der Waals surface area contributed by atoms with Gasteiger partial charge < -0.3 is 5.11 Å². The lowest BCUT2D eigenvalue weighted by Gasteiger charge is -1.98. The summed E-state index contributed by atoms with van der Waals surface area (Å²) < 4.78 is 1.45. The van der Waals surface area contributed by atoms with Gasteiger partial charge in [0, 0.05) is 0 Å². The Morgan fingerprint density at radius 3 is 3.00 bits per heavy atom. The number of aliphatic carboxylic acids is 1. The van der Waals surface area contributed by atoms with Crippen LogP contribution in [0.25, 0.3) is 5.78 Å². The third-order valence-electron chi connectivity index (χ3n) is 1.95. The summed E-state index contributed by atoms with van der Waals surface area (Å²) in [5.41, 5.74) is 0.462. The molecule has 0 spiro atoms. The molecule has 2 aromatic rings. The van der Waals surface area contributed by atoms with Crippen LogP contribution in [-0.4, -0.2) is 30.7 Å². The van der Waals surface area contributed by atoms with Crippen molar-refractivity contribution in [3.05, 3.63) is 24.3 Å². The molecule has 0 aliphatic carbocycles. The third-order valence-corrected chi connectivity index (χ3v) is 1.95. The second kappa shape index (κ2) is 3.06. The van der Waals surface area contributed by atoms with Crippen LogP contribution in [0.4, 0.5) is 0 Å². The Morgan fingerprint density at radius 1 is 1.57 bits per heavy atom. The van der Waals surface area contributed by atoms with E-state index in [1.807, 2.05) is 0 Å². The van der Waals surface area contributed by atoms with E-state index in [0.29, 0.717) is 11.5 Å². The topological polar surface area (TPSA) is 80.4 Å². The number of carboxylic acid groups (broad SMARTS) is 1. The summed E-state index contributed by atoms with van der Waals surface area (Å²) in [5, 5.41) is 12.7. The van der Waals surface area contributed by atoms with E-state index in [0.717, 1.165) is 0 Å². The number of carbonyl (C=O) groups is 1. The average Bonchev–Trinajstić information content (AvgIpc) is 2.59. The number of aromatic nitrogens is 4. The predicted molar refractivity (Wildman–Crippen MR) is 46.8 cm³/mol. The smallest absolute Gasteiger partial charge is 0.312 e. The quantitative estimate of drug-likeness (QED) is 0.740. The number of fused-ring (bicyclic) bond motifs is 1. The number of nitrogens with zero attached hydrogens (tertiary/aromatic N) is 4. The minimum absolute atomic E-state index is 0.413. The Balaban J connectivity index is 2.50. The van der Waals surface area contributed by atoms with E-state index in [1.165, 1.54) is 16.9 Å². The van der Waals surface area contributed by atoms with E-state index < -0.39 is 11.9 Å². The monoisotopic (exact) mass is 192 g/mol. The minimum atomic E-state index is -0.909. The molecule has 0 aromatic carbocycles. The van der Waals surface area contributed by atoms with Crippen molar-refractivity contribution < 1.29 is 9.90 Å². The fourth-order valence-corrected chi connectivity index (χ4v) is 1.09. The summed E-state index contributed by atoms with van der Waals surface area (Å²) in [7, 11) is 0. The van der Waals surface area contributed by atoms with Crippen LogP contribution in [0.3, 0.4) is 0 Å².